The van der Waals surface area contributed by atoms with Crippen molar-refractivity contribution < 1.29 is 24.2 Å². The molecule has 1 heterocycles. The monoisotopic (exact) mass is 529 g/mol. The number of carboxylic acid groups (broad SMARTS) is 1. The molecule has 1 N–H and O–H groups in total. The average Bonchev–Trinajstić information content (AvgIpc) is 3.09. The molecule has 0 unspecified atom stereocenters. The van der Waals surface area contributed by atoms with Crippen molar-refractivity contribution in [3.63, 3.8) is 0 Å². The Labute approximate surface area is 193 Å². The molecule has 0 aromatic heterocycles. The number of fused-ring (bicyclic) bond motifs is 1. The van der Waals surface area contributed by atoms with Gasteiger partial charge in [-0.1, -0.05) is 12.1 Å². The van der Waals surface area contributed by atoms with Crippen LogP contribution in [0.15, 0.2) is 60.7 Å². The molecule has 0 saturated carbocycles. The highest BCUT2D eigenvalue weighted by molar-refractivity contribution is 14.1. The molecule has 0 atom stereocenters. The maximum atomic E-state index is 12.9. The van der Waals surface area contributed by atoms with Crippen molar-refractivity contribution in [2.24, 2.45) is 0 Å². The van der Waals surface area contributed by atoms with Crippen LogP contribution in [-0.2, 0) is 17.9 Å². The largest absolute Gasteiger partial charge is 0.489 e. The van der Waals surface area contributed by atoms with Gasteiger partial charge < -0.3 is 19.5 Å². The van der Waals surface area contributed by atoms with Gasteiger partial charge in [0.15, 0.2) is 6.61 Å². The molecule has 31 heavy (non-hydrogen) atoms. The third-order valence-corrected chi connectivity index (χ3v) is 5.77. The Balaban J connectivity index is 1.48. The maximum absolute atomic E-state index is 12.9. The number of rotatable bonds is 7. The molecule has 7 heteroatoms. The fourth-order valence-electron chi connectivity index (χ4n) is 3.53. The Bertz CT molecular complexity index is 1140. The first-order valence-electron chi connectivity index (χ1n) is 9.68. The summed E-state index contributed by atoms with van der Waals surface area (Å²) in [5, 5.41) is 8.76. The van der Waals surface area contributed by atoms with Crippen LogP contribution in [0.4, 0.5) is 5.69 Å². The lowest BCUT2D eigenvalue weighted by atomic mass is 10.1. The molecule has 1 aliphatic heterocycles. The van der Waals surface area contributed by atoms with Gasteiger partial charge >= 0.3 is 5.97 Å². The second-order valence-corrected chi connectivity index (χ2v) is 8.47. The van der Waals surface area contributed by atoms with Crippen molar-refractivity contribution in [3.05, 3.63) is 86.5 Å². The lowest BCUT2D eigenvalue weighted by Gasteiger charge is -2.16. The van der Waals surface area contributed by atoms with E-state index in [1.807, 2.05) is 61.5 Å². The molecule has 6 nitrogen and oxygen atoms in total. The zero-order valence-electron chi connectivity index (χ0n) is 16.8. The number of carbonyl (C=O) groups is 2. The molecule has 0 bridgehead atoms. The van der Waals surface area contributed by atoms with Crippen LogP contribution in [0.2, 0.25) is 0 Å². The summed E-state index contributed by atoms with van der Waals surface area (Å²) in [4.78, 5) is 25.4. The molecule has 3 aromatic rings. The van der Waals surface area contributed by atoms with Gasteiger partial charge in [-0.05, 0) is 89.2 Å². The number of anilines is 1. The topological polar surface area (TPSA) is 76.1 Å². The third kappa shape index (κ3) is 4.66. The van der Waals surface area contributed by atoms with Gasteiger partial charge in [-0.15, -0.1) is 0 Å². The Kier molecular flexibility index (Phi) is 6.13. The smallest absolute Gasteiger partial charge is 0.341 e. The van der Waals surface area contributed by atoms with Gasteiger partial charge in [-0.3, -0.25) is 4.79 Å². The molecule has 1 amide bonds. The fraction of sp³-hybridized carbons (Fsp3) is 0.167. The molecule has 1 aliphatic rings. The number of hydrogen-bond donors (Lipinski definition) is 1. The van der Waals surface area contributed by atoms with Gasteiger partial charge in [0, 0.05) is 20.4 Å². The zero-order valence-corrected chi connectivity index (χ0v) is 19.0. The van der Waals surface area contributed by atoms with Gasteiger partial charge in [0.1, 0.15) is 18.1 Å². The van der Waals surface area contributed by atoms with Gasteiger partial charge in [0.25, 0.3) is 5.91 Å². The van der Waals surface area contributed by atoms with Crippen LogP contribution in [0.25, 0.3) is 0 Å². The lowest BCUT2D eigenvalue weighted by molar-refractivity contribution is -0.139. The SMILES string of the molecule is Cc1cc(COc2cccc3c2CN(c2ccc(I)cc2)C3=O)ccc1OCC(=O)O. The number of aliphatic carboxylic acids is 1. The van der Waals surface area contributed by atoms with Crippen LogP contribution in [-0.4, -0.2) is 23.6 Å². The van der Waals surface area contributed by atoms with Crippen molar-refractivity contribution in [2.75, 3.05) is 11.5 Å². The van der Waals surface area contributed by atoms with E-state index in [0.29, 0.717) is 30.2 Å². The molecule has 0 spiro atoms. The van der Waals surface area contributed by atoms with Crippen molar-refractivity contribution >= 4 is 40.2 Å². The van der Waals surface area contributed by atoms with E-state index in [1.54, 1.807) is 11.0 Å². The van der Waals surface area contributed by atoms with Crippen molar-refractivity contribution in [1.29, 1.82) is 0 Å². The number of amides is 1. The first-order chi connectivity index (χ1) is 14.9. The van der Waals surface area contributed by atoms with E-state index < -0.39 is 5.97 Å². The van der Waals surface area contributed by atoms with Crippen molar-refractivity contribution in [1.82, 2.24) is 0 Å². The second-order valence-electron chi connectivity index (χ2n) is 7.22. The van der Waals surface area contributed by atoms with Crippen LogP contribution in [0, 0.1) is 10.5 Å². The van der Waals surface area contributed by atoms with Crippen LogP contribution in [0.1, 0.15) is 27.0 Å². The number of halogens is 1. The van der Waals surface area contributed by atoms with Crippen LogP contribution >= 0.6 is 22.6 Å². The van der Waals surface area contributed by atoms with E-state index in [1.165, 1.54) is 0 Å². The molecular formula is C24H20INO5. The Morgan fingerprint density at radius 2 is 1.84 bits per heavy atom. The van der Waals surface area contributed by atoms with Crippen LogP contribution < -0.4 is 14.4 Å². The molecule has 0 saturated heterocycles. The molecule has 0 radical (unpaired) electrons. The number of nitrogens with zero attached hydrogens (tertiary/aromatic N) is 1. The summed E-state index contributed by atoms with van der Waals surface area (Å²) in [6.07, 6.45) is 0. The summed E-state index contributed by atoms with van der Waals surface area (Å²) in [6.45, 7) is 2.27. The number of aryl methyl sites for hydroxylation is 1. The highest BCUT2D eigenvalue weighted by Crippen LogP contribution is 2.34. The molecule has 3 aromatic carbocycles. The van der Waals surface area contributed by atoms with Gasteiger partial charge in [0.05, 0.1) is 6.54 Å². The minimum atomic E-state index is -1.02. The summed E-state index contributed by atoms with van der Waals surface area (Å²) in [5.74, 6) is 0.171. The number of carbonyl (C=O) groups excluding carboxylic acids is 1. The first kappa shape index (κ1) is 21.2. The van der Waals surface area contributed by atoms with E-state index in [4.69, 9.17) is 14.6 Å². The van der Waals surface area contributed by atoms with Gasteiger partial charge in [-0.25, -0.2) is 4.79 Å². The Morgan fingerprint density at radius 3 is 2.55 bits per heavy atom. The summed E-state index contributed by atoms with van der Waals surface area (Å²) in [5.41, 5.74) is 4.16. The van der Waals surface area contributed by atoms with E-state index in [9.17, 15) is 9.59 Å². The highest BCUT2D eigenvalue weighted by Gasteiger charge is 2.31. The summed E-state index contributed by atoms with van der Waals surface area (Å²) >= 11 is 2.24. The standard InChI is InChI=1S/C24H20INO5/c1-15-11-16(5-10-21(15)31-14-23(27)28)13-30-22-4-2-3-19-20(22)12-26(24(19)29)18-8-6-17(25)7-9-18/h2-11H,12-14H2,1H3,(H,27,28). The highest BCUT2D eigenvalue weighted by atomic mass is 127. The van der Waals surface area contributed by atoms with Crippen LogP contribution in [0.3, 0.4) is 0 Å². The van der Waals surface area contributed by atoms with E-state index in [-0.39, 0.29) is 12.5 Å². The molecule has 4 rings (SSSR count). The molecule has 158 valence electrons. The Hall–Kier alpha value is -3.07. The van der Waals surface area contributed by atoms with Crippen molar-refractivity contribution in [2.45, 2.75) is 20.1 Å². The molecule has 0 fully saturated rings. The lowest BCUT2D eigenvalue weighted by Crippen LogP contribution is -2.22. The summed E-state index contributed by atoms with van der Waals surface area (Å²) in [7, 11) is 0. The first-order valence-corrected chi connectivity index (χ1v) is 10.8. The number of ether oxygens (including phenoxy) is 2. The molecular weight excluding hydrogens is 509 g/mol. The van der Waals surface area contributed by atoms with Gasteiger partial charge in [-0.2, -0.15) is 0 Å². The zero-order chi connectivity index (χ0) is 22.0. The number of carboxylic acids is 1. The predicted molar refractivity (Wildman–Crippen MR) is 125 cm³/mol. The molecule has 0 aliphatic carbocycles. The quantitative estimate of drug-likeness (QED) is 0.445. The van der Waals surface area contributed by atoms with E-state index in [2.05, 4.69) is 22.6 Å². The predicted octanol–water partition coefficient (Wildman–Crippen LogP) is 4.80. The van der Waals surface area contributed by atoms with Crippen LogP contribution in [0.5, 0.6) is 11.5 Å². The summed E-state index contributed by atoms with van der Waals surface area (Å²) < 4.78 is 12.4. The second kappa shape index (κ2) is 8.97. The average molecular weight is 529 g/mol. The normalized spacial score (nSPS) is 12.6. The van der Waals surface area contributed by atoms with Gasteiger partial charge in [0.2, 0.25) is 0 Å². The summed E-state index contributed by atoms with van der Waals surface area (Å²) in [6, 6.07) is 18.9. The Morgan fingerprint density at radius 1 is 1.06 bits per heavy atom. The van der Waals surface area contributed by atoms with E-state index in [0.717, 1.165) is 25.9 Å². The minimum Gasteiger partial charge on any atom is -0.489 e. The fourth-order valence-corrected chi connectivity index (χ4v) is 3.89. The number of benzene rings is 3. The van der Waals surface area contributed by atoms with E-state index >= 15 is 0 Å². The maximum Gasteiger partial charge on any atom is 0.341 e. The minimum absolute atomic E-state index is 0.0302. The van der Waals surface area contributed by atoms with Crippen molar-refractivity contribution in [3.8, 4) is 11.5 Å². The third-order valence-electron chi connectivity index (χ3n) is 5.05. The number of hydrogen-bond acceptors (Lipinski definition) is 4.